The summed E-state index contributed by atoms with van der Waals surface area (Å²) in [5.74, 6) is 0. The number of rotatable bonds is 8. The standard InChI is InChI=1S/C16H25O3PS/c1-13(2)18-20(17,19-14(3)4)21-15(5)11-12-16-9-7-6-8-10-16/h6-15H,1-5H3/b12-11+. The van der Waals surface area contributed by atoms with Crippen molar-refractivity contribution in [2.45, 2.75) is 52.1 Å². The Labute approximate surface area is 132 Å². The van der Waals surface area contributed by atoms with E-state index in [-0.39, 0.29) is 17.5 Å². The van der Waals surface area contributed by atoms with Gasteiger partial charge >= 0.3 is 6.80 Å². The van der Waals surface area contributed by atoms with Gasteiger partial charge in [0.05, 0.1) is 12.2 Å². The molecule has 1 unspecified atom stereocenters. The Balaban J connectivity index is 2.69. The molecule has 0 amide bonds. The predicted molar refractivity (Wildman–Crippen MR) is 92.6 cm³/mol. The molecule has 0 bridgehead atoms. The highest BCUT2D eigenvalue weighted by Crippen LogP contribution is 2.63. The number of hydrogen-bond donors (Lipinski definition) is 0. The van der Waals surface area contributed by atoms with Gasteiger partial charge in [-0.2, -0.15) is 0 Å². The van der Waals surface area contributed by atoms with E-state index in [0.29, 0.717) is 0 Å². The topological polar surface area (TPSA) is 35.5 Å². The van der Waals surface area contributed by atoms with Gasteiger partial charge in [0.2, 0.25) is 0 Å². The summed E-state index contributed by atoms with van der Waals surface area (Å²) >= 11 is 1.25. The Morgan fingerprint density at radius 2 is 1.52 bits per heavy atom. The van der Waals surface area contributed by atoms with Gasteiger partial charge in [-0.3, -0.25) is 9.05 Å². The molecule has 0 radical (unpaired) electrons. The molecule has 0 aliphatic carbocycles. The molecular weight excluding hydrogens is 303 g/mol. The van der Waals surface area contributed by atoms with E-state index >= 15 is 0 Å². The van der Waals surface area contributed by atoms with Crippen LogP contribution in [0.4, 0.5) is 0 Å². The van der Waals surface area contributed by atoms with E-state index in [2.05, 4.69) is 0 Å². The van der Waals surface area contributed by atoms with Crippen molar-refractivity contribution < 1.29 is 13.6 Å². The Morgan fingerprint density at radius 3 is 2.00 bits per heavy atom. The second-order valence-electron chi connectivity index (χ2n) is 5.34. The predicted octanol–water partition coefficient (Wildman–Crippen LogP) is 5.78. The van der Waals surface area contributed by atoms with Crippen molar-refractivity contribution in [1.29, 1.82) is 0 Å². The molecule has 0 saturated heterocycles. The molecule has 21 heavy (non-hydrogen) atoms. The SMILES string of the molecule is CC(C)OP(=O)(OC(C)C)SC(C)/C=C/c1ccccc1. The maximum Gasteiger partial charge on any atom is 0.390 e. The molecule has 0 aliphatic rings. The molecule has 1 rings (SSSR count). The van der Waals surface area contributed by atoms with Crippen LogP contribution in [-0.2, 0) is 13.6 Å². The maximum atomic E-state index is 12.7. The summed E-state index contributed by atoms with van der Waals surface area (Å²) in [6, 6.07) is 10.0. The average Bonchev–Trinajstić information content (AvgIpc) is 2.35. The minimum atomic E-state index is -3.14. The highest BCUT2D eigenvalue weighted by atomic mass is 32.7. The van der Waals surface area contributed by atoms with E-state index in [9.17, 15) is 4.57 Å². The Morgan fingerprint density at radius 1 is 1.00 bits per heavy atom. The van der Waals surface area contributed by atoms with Gasteiger partial charge in [0.25, 0.3) is 0 Å². The third-order valence-electron chi connectivity index (χ3n) is 2.33. The van der Waals surface area contributed by atoms with Crippen molar-refractivity contribution >= 4 is 24.3 Å². The molecule has 1 aromatic rings. The van der Waals surface area contributed by atoms with Gasteiger partial charge in [0.1, 0.15) is 0 Å². The fraction of sp³-hybridized carbons (Fsp3) is 0.500. The molecule has 5 heteroatoms. The molecule has 0 spiro atoms. The van der Waals surface area contributed by atoms with Gasteiger partial charge in [0.15, 0.2) is 0 Å². The first kappa shape index (κ1) is 18.5. The summed E-state index contributed by atoms with van der Waals surface area (Å²) in [5, 5.41) is 0.0357. The average molecular weight is 328 g/mol. The van der Waals surface area contributed by atoms with Crippen molar-refractivity contribution in [2.24, 2.45) is 0 Å². The molecule has 0 aliphatic heterocycles. The van der Waals surface area contributed by atoms with Crippen LogP contribution in [0.5, 0.6) is 0 Å². The summed E-state index contributed by atoms with van der Waals surface area (Å²) < 4.78 is 23.8. The first-order valence-corrected chi connectivity index (χ1v) is 10.2. The molecule has 1 atom stereocenters. The third-order valence-corrected chi connectivity index (χ3v) is 6.73. The zero-order valence-corrected chi connectivity index (χ0v) is 15.1. The first-order chi connectivity index (χ1) is 9.81. The van der Waals surface area contributed by atoms with E-state index < -0.39 is 6.80 Å². The number of benzene rings is 1. The zero-order chi connectivity index (χ0) is 15.9. The normalized spacial score (nSPS) is 14.2. The van der Waals surface area contributed by atoms with Crippen LogP contribution in [0.1, 0.15) is 40.2 Å². The molecule has 0 fully saturated rings. The Bertz CT molecular complexity index is 472. The molecule has 1 aromatic carbocycles. The smallest absolute Gasteiger partial charge is 0.298 e. The summed E-state index contributed by atoms with van der Waals surface area (Å²) in [7, 11) is 0. The summed E-state index contributed by atoms with van der Waals surface area (Å²) in [6.45, 7) is 6.30. The van der Waals surface area contributed by atoms with Crippen molar-refractivity contribution in [2.75, 3.05) is 0 Å². The van der Waals surface area contributed by atoms with Crippen LogP contribution in [0.3, 0.4) is 0 Å². The lowest BCUT2D eigenvalue weighted by molar-refractivity contribution is 0.155. The van der Waals surface area contributed by atoms with Crippen LogP contribution >= 0.6 is 18.2 Å². The van der Waals surface area contributed by atoms with Crippen LogP contribution in [0.15, 0.2) is 36.4 Å². The van der Waals surface area contributed by atoms with Crippen LogP contribution in [0.25, 0.3) is 6.08 Å². The van der Waals surface area contributed by atoms with Crippen LogP contribution < -0.4 is 0 Å². The quantitative estimate of drug-likeness (QED) is 0.567. The van der Waals surface area contributed by atoms with Crippen molar-refractivity contribution in [3.05, 3.63) is 42.0 Å². The molecule has 3 nitrogen and oxygen atoms in total. The second kappa shape index (κ2) is 8.79. The van der Waals surface area contributed by atoms with Crippen LogP contribution in [0, 0.1) is 0 Å². The summed E-state index contributed by atoms with van der Waals surface area (Å²) in [4.78, 5) is 0. The fourth-order valence-corrected chi connectivity index (χ4v) is 6.14. The van der Waals surface area contributed by atoms with Crippen molar-refractivity contribution in [1.82, 2.24) is 0 Å². The lowest BCUT2D eigenvalue weighted by atomic mass is 10.2. The lowest BCUT2D eigenvalue weighted by Crippen LogP contribution is -2.07. The molecule has 0 heterocycles. The fourth-order valence-electron chi connectivity index (χ4n) is 1.64. The summed E-state index contributed by atoms with van der Waals surface area (Å²) in [6.07, 6.45) is 3.77. The van der Waals surface area contributed by atoms with E-state index in [0.717, 1.165) is 5.56 Å². The Hall–Kier alpha value is -0.540. The molecule has 0 saturated carbocycles. The lowest BCUT2D eigenvalue weighted by Gasteiger charge is -2.23. The monoisotopic (exact) mass is 328 g/mol. The van der Waals surface area contributed by atoms with Gasteiger partial charge < -0.3 is 0 Å². The Kier molecular flexibility index (Phi) is 7.75. The minimum absolute atomic E-state index is 0.0357. The first-order valence-electron chi connectivity index (χ1n) is 7.19. The highest BCUT2D eigenvalue weighted by Gasteiger charge is 2.30. The summed E-state index contributed by atoms with van der Waals surface area (Å²) in [5.41, 5.74) is 1.12. The van der Waals surface area contributed by atoms with Gasteiger partial charge in [0, 0.05) is 5.25 Å². The van der Waals surface area contributed by atoms with E-state index in [1.54, 1.807) is 0 Å². The van der Waals surface area contributed by atoms with Crippen LogP contribution in [-0.4, -0.2) is 17.5 Å². The van der Waals surface area contributed by atoms with Gasteiger partial charge in [-0.25, -0.2) is 4.57 Å². The maximum absolute atomic E-state index is 12.7. The third kappa shape index (κ3) is 7.87. The molecular formula is C16H25O3PS. The van der Waals surface area contributed by atoms with Crippen molar-refractivity contribution in [3.63, 3.8) is 0 Å². The van der Waals surface area contributed by atoms with Crippen molar-refractivity contribution in [3.8, 4) is 0 Å². The van der Waals surface area contributed by atoms with E-state index in [1.807, 2.05) is 77.1 Å². The van der Waals surface area contributed by atoms with Gasteiger partial charge in [-0.1, -0.05) is 42.5 Å². The van der Waals surface area contributed by atoms with Gasteiger partial charge in [-0.05, 0) is 51.6 Å². The van der Waals surface area contributed by atoms with Crippen LogP contribution in [0.2, 0.25) is 0 Å². The zero-order valence-electron chi connectivity index (χ0n) is 13.4. The molecule has 0 aromatic heterocycles. The second-order valence-corrected chi connectivity index (χ2v) is 9.58. The van der Waals surface area contributed by atoms with E-state index in [1.165, 1.54) is 11.4 Å². The van der Waals surface area contributed by atoms with E-state index in [4.69, 9.17) is 9.05 Å². The largest absolute Gasteiger partial charge is 0.390 e. The molecule has 118 valence electrons. The highest BCUT2D eigenvalue weighted by molar-refractivity contribution is 8.55. The number of hydrogen-bond acceptors (Lipinski definition) is 4. The minimum Gasteiger partial charge on any atom is -0.298 e. The molecule has 0 N–H and O–H groups in total. The van der Waals surface area contributed by atoms with Gasteiger partial charge in [-0.15, -0.1) is 0 Å².